The molecule has 1 nitrogen and oxygen atoms in total. The minimum absolute atomic E-state index is 0.829. The molecule has 0 fully saturated rings. The van der Waals surface area contributed by atoms with Crippen LogP contribution in [0.1, 0.15) is 12.5 Å². The van der Waals surface area contributed by atoms with Crippen LogP contribution in [0.5, 0.6) is 0 Å². The van der Waals surface area contributed by atoms with Crippen molar-refractivity contribution in [2.75, 3.05) is 6.54 Å². The lowest BCUT2D eigenvalue weighted by molar-refractivity contribution is 0.984. The van der Waals surface area contributed by atoms with Crippen molar-refractivity contribution < 1.29 is 0 Å². The van der Waals surface area contributed by atoms with Crippen molar-refractivity contribution in [1.82, 2.24) is 5.32 Å². The van der Waals surface area contributed by atoms with Crippen molar-refractivity contribution in [3.05, 3.63) is 60.2 Å². The Balaban J connectivity index is 2.18. The van der Waals surface area contributed by atoms with E-state index in [1.165, 1.54) is 32.3 Å². The maximum absolute atomic E-state index is 5.53. The number of rotatable bonds is 2. The van der Waals surface area contributed by atoms with Crippen LogP contribution >= 0.6 is 12.2 Å². The van der Waals surface area contributed by atoms with Crippen LogP contribution in [0.2, 0.25) is 0 Å². The predicted molar refractivity (Wildman–Crippen MR) is 95.5 cm³/mol. The summed E-state index contributed by atoms with van der Waals surface area (Å²) in [7, 11) is 0. The Kier molecular flexibility index (Phi) is 2.79. The SMILES string of the molecule is CCNC(=S)c1ccc2ccc3cccc4ccc1c2c34. The average molecular weight is 289 g/mol. The van der Waals surface area contributed by atoms with Gasteiger partial charge in [0.25, 0.3) is 0 Å². The second-order valence-corrected chi connectivity index (χ2v) is 5.74. The van der Waals surface area contributed by atoms with Gasteiger partial charge in [0.2, 0.25) is 0 Å². The van der Waals surface area contributed by atoms with E-state index in [2.05, 4.69) is 66.8 Å². The van der Waals surface area contributed by atoms with Gasteiger partial charge in [-0.3, -0.25) is 0 Å². The van der Waals surface area contributed by atoms with Gasteiger partial charge in [0.05, 0.1) is 0 Å². The van der Waals surface area contributed by atoms with Crippen LogP contribution in [0.25, 0.3) is 32.3 Å². The Morgan fingerprint density at radius 3 is 2.19 bits per heavy atom. The van der Waals surface area contributed by atoms with Crippen molar-refractivity contribution in [2.24, 2.45) is 0 Å². The third-order valence-corrected chi connectivity index (χ3v) is 4.47. The van der Waals surface area contributed by atoms with Crippen molar-refractivity contribution in [3.8, 4) is 0 Å². The first kappa shape index (κ1) is 12.5. The number of hydrogen-bond donors (Lipinski definition) is 1. The molecule has 0 bridgehead atoms. The average Bonchev–Trinajstić information content (AvgIpc) is 2.52. The summed E-state index contributed by atoms with van der Waals surface area (Å²) in [6.07, 6.45) is 0. The Morgan fingerprint density at radius 2 is 1.48 bits per heavy atom. The van der Waals surface area contributed by atoms with Gasteiger partial charge in [-0.15, -0.1) is 0 Å². The number of hydrogen-bond acceptors (Lipinski definition) is 1. The molecule has 4 aromatic carbocycles. The molecule has 0 atom stereocenters. The largest absolute Gasteiger partial charge is 0.376 e. The highest BCUT2D eigenvalue weighted by Gasteiger charge is 2.12. The van der Waals surface area contributed by atoms with E-state index in [-0.39, 0.29) is 0 Å². The fourth-order valence-corrected chi connectivity index (χ4v) is 3.51. The summed E-state index contributed by atoms with van der Waals surface area (Å²) in [5.74, 6) is 0. The summed E-state index contributed by atoms with van der Waals surface area (Å²) in [5.41, 5.74) is 1.12. The summed E-state index contributed by atoms with van der Waals surface area (Å²) in [6.45, 7) is 2.92. The lowest BCUT2D eigenvalue weighted by Gasteiger charge is -2.14. The molecule has 0 heterocycles. The molecular weight excluding hydrogens is 274 g/mol. The molecule has 102 valence electrons. The molecular formula is C19H15NS. The van der Waals surface area contributed by atoms with E-state index in [0.29, 0.717) is 0 Å². The Labute approximate surface area is 128 Å². The van der Waals surface area contributed by atoms with Gasteiger partial charge in [0.1, 0.15) is 4.99 Å². The van der Waals surface area contributed by atoms with Crippen LogP contribution in [-0.4, -0.2) is 11.5 Å². The molecule has 21 heavy (non-hydrogen) atoms. The Morgan fingerprint density at radius 1 is 0.857 bits per heavy atom. The molecule has 0 aromatic heterocycles. The first-order valence-electron chi connectivity index (χ1n) is 7.24. The van der Waals surface area contributed by atoms with Crippen LogP contribution in [0.4, 0.5) is 0 Å². The lowest BCUT2D eigenvalue weighted by atomic mass is 9.92. The maximum Gasteiger partial charge on any atom is 0.107 e. The number of thiocarbonyl (C=S) groups is 1. The van der Waals surface area contributed by atoms with Gasteiger partial charge in [-0.1, -0.05) is 66.8 Å². The molecule has 0 saturated carbocycles. The quantitative estimate of drug-likeness (QED) is 0.417. The summed E-state index contributed by atoms with van der Waals surface area (Å²) < 4.78 is 0. The number of benzene rings is 4. The van der Waals surface area contributed by atoms with E-state index >= 15 is 0 Å². The molecule has 1 N–H and O–H groups in total. The van der Waals surface area contributed by atoms with Crippen molar-refractivity contribution in [1.29, 1.82) is 0 Å². The molecule has 0 spiro atoms. The lowest BCUT2D eigenvalue weighted by Crippen LogP contribution is -2.21. The van der Waals surface area contributed by atoms with Crippen LogP contribution in [0.15, 0.2) is 54.6 Å². The minimum atomic E-state index is 0.829. The van der Waals surface area contributed by atoms with E-state index in [1.54, 1.807) is 0 Å². The molecule has 0 aliphatic rings. The van der Waals surface area contributed by atoms with Gasteiger partial charge in [-0.2, -0.15) is 0 Å². The zero-order chi connectivity index (χ0) is 14.4. The first-order valence-corrected chi connectivity index (χ1v) is 7.65. The van der Waals surface area contributed by atoms with Crippen molar-refractivity contribution >= 4 is 49.5 Å². The standard InChI is InChI=1S/C19H15NS/c1-2-20-19(21)16-11-9-14-7-6-12-4-3-5-13-8-10-15(16)18(14)17(12)13/h3-11H,2H2,1H3,(H,20,21). The predicted octanol–water partition coefficient (Wildman–Crippen LogP) is 4.87. The van der Waals surface area contributed by atoms with E-state index < -0.39 is 0 Å². The van der Waals surface area contributed by atoms with Crippen molar-refractivity contribution in [2.45, 2.75) is 6.92 Å². The minimum Gasteiger partial charge on any atom is -0.376 e. The van der Waals surface area contributed by atoms with Crippen molar-refractivity contribution in [3.63, 3.8) is 0 Å². The Bertz CT molecular complexity index is 955. The summed E-state index contributed by atoms with van der Waals surface area (Å²) in [5, 5.41) is 11.0. The van der Waals surface area contributed by atoms with E-state index in [4.69, 9.17) is 12.2 Å². The van der Waals surface area contributed by atoms with Crippen LogP contribution < -0.4 is 5.32 Å². The van der Waals surface area contributed by atoms with Crippen LogP contribution in [0, 0.1) is 0 Å². The topological polar surface area (TPSA) is 12.0 Å². The highest BCUT2D eigenvalue weighted by Crippen LogP contribution is 2.35. The number of nitrogens with one attached hydrogen (secondary N) is 1. The molecule has 0 saturated heterocycles. The second-order valence-electron chi connectivity index (χ2n) is 5.33. The molecule has 0 aliphatic heterocycles. The second kappa shape index (κ2) is 4.68. The summed E-state index contributed by atoms with van der Waals surface area (Å²) in [6, 6.07) is 19.6. The fourth-order valence-electron chi connectivity index (χ4n) is 3.19. The van der Waals surface area contributed by atoms with Gasteiger partial charge < -0.3 is 5.32 Å². The van der Waals surface area contributed by atoms with Gasteiger partial charge in [-0.25, -0.2) is 0 Å². The van der Waals surface area contributed by atoms with Gasteiger partial charge in [0.15, 0.2) is 0 Å². The van der Waals surface area contributed by atoms with Gasteiger partial charge in [0, 0.05) is 12.1 Å². The molecule has 0 aliphatic carbocycles. The van der Waals surface area contributed by atoms with E-state index in [9.17, 15) is 0 Å². The third-order valence-electron chi connectivity index (χ3n) is 4.11. The monoisotopic (exact) mass is 289 g/mol. The Hall–Kier alpha value is -2.19. The smallest absolute Gasteiger partial charge is 0.107 e. The maximum atomic E-state index is 5.53. The summed E-state index contributed by atoms with van der Waals surface area (Å²) in [4.78, 5) is 0.829. The zero-order valence-corrected chi connectivity index (χ0v) is 12.6. The highest BCUT2D eigenvalue weighted by molar-refractivity contribution is 7.80. The third kappa shape index (κ3) is 1.79. The molecule has 0 unspecified atom stereocenters. The van der Waals surface area contributed by atoms with Crippen LogP contribution in [-0.2, 0) is 0 Å². The molecule has 4 rings (SSSR count). The van der Waals surface area contributed by atoms with E-state index in [1.807, 2.05) is 0 Å². The van der Waals surface area contributed by atoms with Crippen LogP contribution in [0.3, 0.4) is 0 Å². The zero-order valence-electron chi connectivity index (χ0n) is 11.8. The highest BCUT2D eigenvalue weighted by atomic mass is 32.1. The molecule has 0 radical (unpaired) electrons. The first-order chi connectivity index (χ1) is 10.3. The van der Waals surface area contributed by atoms with Gasteiger partial charge >= 0.3 is 0 Å². The molecule has 4 aromatic rings. The molecule has 0 amide bonds. The normalized spacial score (nSPS) is 11.5. The summed E-state index contributed by atoms with van der Waals surface area (Å²) >= 11 is 5.53. The molecule has 2 heteroatoms. The van der Waals surface area contributed by atoms with E-state index in [0.717, 1.165) is 17.1 Å². The van der Waals surface area contributed by atoms with Gasteiger partial charge in [-0.05, 0) is 39.2 Å². The fraction of sp³-hybridized carbons (Fsp3) is 0.105.